The maximum absolute atomic E-state index is 13.8. The smallest absolute Gasteiger partial charge is 0.367 e. The van der Waals surface area contributed by atoms with Crippen LogP contribution in [0.5, 0.6) is 0 Å². The molecule has 3 fully saturated rings. The van der Waals surface area contributed by atoms with Crippen LogP contribution < -0.4 is 16.0 Å². The van der Waals surface area contributed by atoms with Gasteiger partial charge in [0.2, 0.25) is 11.9 Å². The number of carbonyl (C=O) groups is 2. The van der Waals surface area contributed by atoms with Gasteiger partial charge in [-0.05, 0) is 95.3 Å². The van der Waals surface area contributed by atoms with E-state index >= 15 is 0 Å². The molecule has 0 radical (unpaired) electrons. The zero-order valence-corrected chi connectivity index (χ0v) is 23.5. The van der Waals surface area contributed by atoms with Crippen molar-refractivity contribution in [1.29, 1.82) is 0 Å². The SMILES string of the molecule is CN1CCC(N(C)C(=O)c2ccc(Nc3ncc(C(F)(F)F)c(NC4CCC(C(=O)NCC5CC5)C4)n3)cc2)CC1. The van der Waals surface area contributed by atoms with Crippen LogP contribution in [-0.4, -0.2) is 77.4 Å². The number of benzene rings is 1. The monoisotopic (exact) mass is 573 g/mol. The highest BCUT2D eigenvalue weighted by atomic mass is 19.4. The summed E-state index contributed by atoms with van der Waals surface area (Å²) in [6.07, 6.45) is 1.89. The molecule has 222 valence electrons. The number of nitrogens with one attached hydrogen (secondary N) is 3. The third-order valence-corrected chi connectivity index (χ3v) is 8.44. The van der Waals surface area contributed by atoms with E-state index in [0.29, 0.717) is 43.0 Å². The molecular weight excluding hydrogens is 535 g/mol. The standard InChI is InChI=1S/C29H38F3N7O2/c1-38-13-11-23(12-14-38)39(2)27(41)19-5-8-21(9-6-19)36-28-34-17-24(29(30,31)32)25(37-28)35-22-10-7-20(15-22)26(40)33-16-18-3-4-18/h5-6,8-9,17-18,20,22-23H,3-4,7,10-16H2,1-2H3,(H,33,40)(H2,34,35,36,37). The van der Waals surface area contributed by atoms with Crippen LogP contribution in [0.3, 0.4) is 0 Å². The number of anilines is 3. The van der Waals surface area contributed by atoms with E-state index in [-0.39, 0.29) is 41.6 Å². The number of likely N-dealkylation sites (tertiary alicyclic amines) is 1. The Labute approximate surface area is 238 Å². The molecule has 41 heavy (non-hydrogen) atoms. The third kappa shape index (κ3) is 7.46. The van der Waals surface area contributed by atoms with Crippen molar-refractivity contribution in [2.45, 2.75) is 63.2 Å². The molecule has 1 saturated heterocycles. The van der Waals surface area contributed by atoms with E-state index in [9.17, 15) is 22.8 Å². The van der Waals surface area contributed by atoms with Crippen molar-refractivity contribution in [3.63, 3.8) is 0 Å². The second-order valence-electron chi connectivity index (χ2n) is 11.6. The van der Waals surface area contributed by atoms with Crippen LogP contribution in [0.4, 0.5) is 30.6 Å². The lowest BCUT2D eigenvalue weighted by atomic mass is 10.0. The number of aromatic nitrogens is 2. The molecule has 2 amide bonds. The molecule has 1 aromatic heterocycles. The zero-order valence-electron chi connectivity index (χ0n) is 23.5. The maximum atomic E-state index is 13.8. The van der Waals surface area contributed by atoms with Gasteiger partial charge >= 0.3 is 6.18 Å². The summed E-state index contributed by atoms with van der Waals surface area (Å²) in [5, 5.41) is 8.85. The molecule has 0 spiro atoms. The Kier molecular flexibility index (Phi) is 8.67. The summed E-state index contributed by atoms with van der Waals surface area (Å²) in [6.45, 7) is 2.58. The molecule has 0 bridgehead atoms. The fourth-order valence-corrected chi connectivity index (χ4v) is 5.59. The van der Waals surface area contributed by atoms with Crippen LogP contribution in [0, 0.1) is 11.8 Å². The Morgan fingerprint density at radius 2 is 1.76 bits per heavy atom. The fraction of sp³-hybridized carbons (Fsp3) is 0.586. The number of hydrogen-bond acceptors (Lipinski definition) is 7. The minimum absolute atomic E-state index is 0.000238. The van der Waals surface area contributed by atoms with Crippen molar-refractivity contribution in [3.8, 4) is 0 Å². The molecule has 2 unspecified atom stereocenters. The number of halogens is 3. The Morgan fingerprint density at radius 3 is 2.41 bits per heavy atom. The Balaban J connectivity index is 1.22. The van der Waals surface area contributed by atoms with E-state index in [2.05, 4.69) is 37.9 Å². The molecule has 2 atom stereocenters. The number of rotatable bonds is 9. The minimum Gasteiger partial charge on any atom is -0.367 e. The average Bonchev–Trinajstić information content (AvgIpc) is 3.67. The molecule has 12 heteroatoms. The van der Waals surface area contributed by atoms with E-state index < -0.39 is 11.7 Å². The van der Waals surface area contributed by atoms with Gasteiger partial charge in [0.05, 0.1) is 0 Å². The van der Waals surface area contributed by atoms with Gasteiger partial charge in [0.25, 0.3) is 5.91 Å². The lowest BCUT2D eigenvalue weighted by Gasteiger charge is -2.35. The first-order valence-corrected chi connectivity index (χ1v) is 14.4. The molecule has 9 nitrogen and oxygen atoms in total. The van der Waals surface area contributed by atoms with Crippen LogP contribution in [-0.2, 0) is 11.0 Å². The normalized spacial score (nSPS) is 21.9. The maximum Gasteiger partial charge on any atom is 0.421 e. The highest BCUT2D eigenvalue weighted by molar-refractivity contribution is 5.94. The first-order chi connectivity index (χ1) is 19.6. The fourth-order valence-electron chi connectivity index (χ4n) is 5.59. The van der Waals surface area contributed by atoms with Gasteiger partial charge in [0.1, 0.15) is 11.4 Å². The molecule has 5 rings (SSSR count). The highest BCUT2D eigenvalue weighted by Gasteiger charge is 2.37. The Bertz CT molecular complexity index is 1230. The average molecular weight is 574 g/mol. The molecule has 2 heterocycles. The topological polar surface area (TPSA) is 102 Å². The van der Waals surface area contributed by atoms with E-state index in [1.165, 1.54) is 0 Å². The molecule has 3 N–H and O–H groups in total. The van der Waals surface area contributed by atoms with Gasteiger partial charge in [-0.1, -0.05) is 0 Å². The lowest BCUT2D eigenvalue weighted by molar-refractivity contribution is -0.137. The van der Waals surface area contributed by atoms with Crippen LogP contribution in [0.2, 0.25) is 0 Å². The van der Waals surface area contributed by atoms with Crippen molar-refractivity contribution in [2.75, 3.05) is 44.4 Å². The highest BCUT2D eigenvalue weighted by Crippen LogP contribution is 2.36. The van der Waals surface area contributed by atoms with Crippen LogP contribution in [0.1, 0.15) is 60.9 Å². The predicted octanol–water partition coefficient (Wildman–Crippen LogP) is 4.51. The summed E-state index contributed by atoms with van der Waals surface area (Å²) < 4.78 is 41.3. The number of carbonyl (C=O) groups excluding carboxylic acids is 2. The van der Waals surface area contributed by atoms with Crippen molar-refractivity contribution in [3.05, 3.63) is 41.6 Å². The van der Waals surface area contributed by atoms with Gasteiger partial charge in [-0.15, -0.1) is 0 Å². The summed E-state index contributed by atoms with van der Waals surface area (Å²) in [5.41, 5.74) is 0.120. The van der Waals surface area contributed by atoms with Gasteiger partial charge in [-0.25, -0.2) is 4.98 Å². The van der Waals surface area contributed by atoms with E-state index in [1.54, 1.807) is 29.2 Å². The van der Waals surface area contributed by atoms with Crippen LogP contribution in [0.15, 0.2) is 30.5 Å². The first kappa shape index (κ1) is 29.1. The summed E-state index contributed by atoms with van der Waals surface area (Å²) >= 11 is 0. The lowest BCUT2D eigenvalue weighted by Crippen LogP contribution is -2.44. The van der Waals surface area contributed by atoms with Crippen LogP contribution in [0.25, 0.3) is 0 Å². The third-order valence-electron chi connectivity index (χ3n) is 8.44. The molecular formula is C29H38F3N7O2. The van der Waals surface area contributed by atoms with Crippen molar-refractivity contribution in [2.24, 2.45) is 11.8 Å². The number of piperidine rings is 1. The van der Waals surface area contributed by atoms with E-state index in [4.69, 9.17) is 0 Å². The minimum atomic E-state index is -4.64. The Hall–Kier alpha value is -3.41. The molecule has 2 saturated carbocycles. The Morgan fingerprint density at radius 1 is 1.05 bits per heavy atom. The van der Waals surface area contributed by atoms with Gasteiger partial charge in [0, 0.05) is 49.0 Å². The van der Waals surface area contributed by atoms with Gasteiger partial charge < -0.3 is 25.8 Å². The quantitative estimate of drug-likeness (QED) is 0.406. The molecule has 3 aliphatic rings. The number of alkyl halides is 3. The number of hydrogen-bond donors (Lipinski definition) is 3. The predicted molar refractivity (Wildman–Crippen MR) is 150 cm³/mol. The molecule has 1 aromatic carbocycles. The molecule has 2 aliphatic carbocycles. The zero-order chi connectivity index (χ0) is 29.1. The first-order valence-electron chi connectivity index (χ1n) is 14.4. The summed E-state index contributed by atoms with van der Waals surface area (Å²) in [6, 6.07) is 6.63. The van der Waals surface area contributed by atoms with Crippen molar-refractivity contribution >= 4 is 29.3 Å². The van der Waals surface area contributed by atoms with Crippen LogP contribution >= 0.6 is 0 Å². The largest absolute Gasteiger partial charge is 0.421 e. The van der Waals surface area contributed by atoms with Crippen molar-refractivity contribution < 1.29 is 22.8 Å². The van der Waals surface area contributed by atoms with Gasteiger partial charge in [-0.2, -0.15) is 18.2 Å². The number of amides is 2. The second-order valence-corrected chi connectivity index (χ2v) is 11.6. The number of nitrogens with zero attached hydrogens (tertiary/aromatic N) is 4. The summed E-state index contributed by atoms with van der Waals surface area (Å²) in [7, 11) is 3.90. The molecule has 2 aromatic rings. The summed E-state index contributed by atoms with van der Waals surface area (Å²) in [5.74, 6) is -0.0658. The second kappa shape index (κ2) is 12.2. The summed E-state index contributed by atoms with van der Waals surface area (Å²) in [4.78, 5) is 37.6. The van der Waals surface area contributed by atoms with Gasteiger partial charge in [-0.3, -0.25) is 9.59 Å². The van der Waals surface area contributed by atoms with E-state index in [0.717, 1.165) is 45.0 Å². The van der Waals surface area contributed by atoms with E-state index in [1.807, 2.05) is 7.05 Å². The van der Waals surface area contributed by atoms with Gasteiger partial charge in [0.15, 0.2) is 0 Å². The molecule has 1 aliphatic heterocycles. The van der Waals surface area contributed by atoms with Crippen molar-refractivity contribution in [1.82, 2.24) is 25.1 Å².